The molecule has 0 aromatic heterocycles. The maximum absolute atomic E-state index is 8.56. The van der Waals surface area contributed by atoms with E-state index in [1.54, 1.807) is 0 Å². The van der Waals surface area contributed by atoms with Crippen molar-refractivity contribution in [3.63, 3.8) is 0 Å². The molecule has 0 aliphatic rings. The molecular weight excluding hydrogens is 110 g/mol. The molecular formula is H4NO4S-. The standard InChI is InChI=1S/H3NO.H2O3S/c1-2;1-4(2)3/h2H,1H2;(H2,1,2,3)/p-1. The molecule has 0 radical (unpaired) electrons. The van der Waals surface area contributed by atoms with Gasteiger partial charge >= 0.3 is 0 Å². The molecule has 5 nitrogen and oxygen atoms in total. The fourth-order valence-electron chi connectivity index (χ4n) is 0. The largest absolute Gasteiger partial charge is 0.750 e. The topological polar surface area (TPSA) is 107 Å². The molecule has 0 aliphatic heterocycles. The van der Waals surface area contributed by atoms with Crippen LogP contribution in [-0.4, -0.2) is 18.5 Å². The Labute approximate surface area is 36.8 Å². The summed E-state index contributed by atoms with van der Waals surface area (Å²) in [4.78, 5) is 0. The molecule has 0 aliphatic carbocycles. The van der Waals surface area contributed by atoms with Gasteiger partial charge in [-0.25, -0.2) is 10.1 Å². The smallest absolute Gasteiger partial charge is 0.0814 e. The molecule has 0 bridgehead atoms. The second kappa shape index (κ2) is 8.89. The van der Waals surface area contributed by atoms with Gasteiger partial charge < -0.3 is 14.3 Å². The van der Waals surface area contributed by atoms with Crippen molar-refractivity contribution in [2.45, 2.75) is 0 Å². The van der Waals surface area contributed by atoms with Crippen LogP contribution in [0.1, 0.15) is 0 Å². The van der Waals surface area contributed by atoms with Crippen LogP contribution >= 0.6 is 0 Å². The molecule has 6 heteroatoms. The molecule has 0 spiro atoms. The van der Waals surface area contributed by atoms with Gasteiger partial charge in [-0.1, -0.05) is 0 Å². The highest BCUT2D eigenvalue weighted by Crippen LogP contribution is 1.43. The van der Waals surface area contributed by atoms with Gasteiger partial charge in [-0.3, -0.25) is 0 Å². The molecule has 0 rings (SSSR count). The summed E-state index contributed by atoms with van der Waals surface area (Å²) in [5.41, 5.74) is 0. The summed E-state index contributed by atoms with van der Waals surface area (Å²) in [5.74, 6) is 3.50. The lowest BCUT2D eigenvalue weighted by Crippen LogP contribution is -1.75. The van der Waals surface area contributed by atoms with E-state index in [-0.39, 0.29) is 0 Å². The maximum Gasteiger partial charge on any atom is 0.0814 e. The van der Waals surface area contributed by atoms with Gasteiger partial charge in [-0.05, 0) is 0 Å². The molecule has 0 saturated heterocycles. The summed E-state index contributed by atoms with van der Waals surface area (Å²) in [7, 11) is 0. The van der Waals surface area contributed by atoms with Crippen LogP contribution in [0, 0.1) is 0 Å². The Bertz CT molecular complexity index is 30.5. The van der Waals surface area contributed by atoms with E-state index in [9.17, 15) is 0 Å². The molecule has 0 aromatic rings. The third kappa shape index (κ3) is 357000. The van der Waals surface area contributed by atoms with E-state index in [0.717, 1.165) is 0 Å². The molecule has 6 heavy (non-hydrogen) atoms. The van der Waals surface area contributed by atoms with E-state index in [0.29, 0.717) is 0 Å². The van der Waals surface area contributed by atoms with Crippen LogP contribution in [0.5, 0.6) is 0 Å². The highest BCUT2D eigenvalue weighted by atomic mass is 32.2. The predicted octanol–water partition coefficient (Wildman–Crippen LogP) is -1.33. The molecule has 0 fully saturated rings. The van der Waals surface area contributed by atoms with Crippen molar-refractivity contribution in [3.05, 3.63) is 0 Å². The summed E-state index contributed by atoms with van der Waals surface area (Å²) < 4.78 is 24.1. The van der Waals surface area contributed by atoms with E-state index < -0.39 is 11.4 Å². The minimum atomic E-state index is -2.86. The highest BCUT2D eigenvalue weighted by molar-refractivity contribution is 7.73. The average Bonchev–Trinajstić information content (AvgIpc) is 1.41. The van der Waals surface area contributed by atoms with Crippen molar-refractivity contribution in [1.82, 2.24) is 0 Å². The van der Waals surface area contributed by atoms with Crippen molar-refractivity contribution in [2.24, 2.45) is 5.90 Å². The van der Waals surface area contributed by atoms with Crippen LogP contribution in [0.2, 0.25) is 0 Å². The van der Waals surface area contributed by atoms with Crippen molar-refractivity contribution in [1.29, 1.82) is 0 Å². The normalized spacial score (nSPS) is 11.3. The molecule has 40 valence electrons. The van der Waals surface area contributed by atoms with Crippen molar-refractivity contribution < 1.29 is 18.5 Å². The van der Waals surface area contributed by atoms with E-state index >= 15 is 0 Å². The first-order chi connectivity index (χ1) is 2.73. The molecule has 0 saturated carbocycles. The molecule has 4 N–H and O–H groups in total. The van der Waals surface area contributed by atoms with E-state index in [2.05, 4.69) is 5.90 Å². The molecule has 0 heterocycles. The number of nitrogens with two attached hydrogens (primary N) is 1. The van der Waals surface area contributed by atoms with Crippen molar-refractivity contribution >= 4 is 11.4 Å². The summed E-state index contributed by atoms with van der Waals surface area (Å²) >= 11 is -2.86. The van der Waals surface area contributed by atoms with Gasteiger partial charge in [-0.15, -0.1) is 0 Å². The maximum atomic E-state index is 8.56. The fourth-order valence-corrected chi connectivity index (χ4v) is 0. The van der Waals surface area contributed by atoms with Crippen LogP contribution in [0.3, 0.4) is 0 Å². The van der Waals surface area contributed by atoms with Gasteiger partial charge in [0.25, 0.3) is 0 Å². The van der Waals surface area contributed by atoms with E-state index in [1.807, 2.05) is 0 Å². The second-order valence-corrected chi connectivity index (χ2v) is 0.651. The zero-order valence-electron chi connectivity index (χ0n) is 2.70. The lowest BCUT2D eigenvalue weighted by Gasteiger charge is -1.83. The van der Waals surface area contributed by atoms with Gasteiger partial charge in [-0.2, -0.15) is 0 Å². The van der Waals surface area contributed by atoms with Gasteiger partial charge in [0.1, 0.15) is 0 Å². The Morgan fingerprint density at radius 2 is 1.67 bits per heavy atom. The molecule has 0 aromatic carbocycles. The van der Waals surface area contributed by atoms with Gasteiger partial charge in [0.15, 0.2) is 0 Å². The molecule has 0 amide bonds. The van der Waals surface area contributed by atoms with Crippen LogP contribution in [-0.2, 0) is 11.4 Å². The molecule has 1 unspecified atom stereocenters. The fraction of sp³-hybridized carbons (Fsp3) is 0. The van der Waals surface area contributed by atoms with Gasteiger partial charge in [0.05, 0.1) is 11.4 Å². The zero-order valence-corrected chi connectivity index (χ0v) is 3.51. The highest BCUT2D eigenvalue weighted by Gasteiger charge is 1.42. The average molecular weight is 114 g/mol. The number of rotatable bonds is 0. The summed E-state index contributed by atoms with van der Waals surface area (Å²) in [6.07, 6.45) is 0. The van der Waals surface area contributed by atoms with Gasteiger partial charge in [0.2, 0.25) is 0 Å². The minimum Gasteiger partial charge on any atom is -0.750 e. The second-order valence-electron chi connectivity index (χ2n) is 0.217. The van der Waals surface area contributed by atoms with E-state index in [1.165, 1.54) is 0 Å². The van der Waals surface area contributed by atoms with Crippen molar-refractivity contribution in [3.8, 4) is 0 Å². The van der Waals surface area contributed by atoms with Crippen LogP contribution in [0.4, 0.5) is 0 Å². The predicted molar refractivity (Wildman–Crippen MR) is 17.5 cm³/mol. The lowest BCUT2D eigenvalue weighted by atomic mass is 13.6. The Balaban J connectivity index is 0. The third-order valence-electron chi connectivity index (χ3n) is 0. The van der Waals surface area contributed by atoms with Crippen LogP contribution in [0.25, 0.3) is 0 Å². The summed E-state index contributed by atoms with van der Waals surface area (Å²) in [6.45, 7) is 0. The van der Waals surface area contributed by atoms with Crippen LogP contribution < -0.4 is 5.90 Å². The lowest BCUT2D eigenvalue weighted by molar-refractivity contribution is 0.311. The third-order valence-corrected chi connectivity index (χ3v) is 0. The quantitative estimate of drug-likeness (QED) is 0.267. The first-order valence-electron chi connectivity index (χ1n) is 0.774. The monoisotopic (exact) mass is 114 g/mol. The summed E-state index contributed by atoms with van der Waals surface area (Å²) in [5, 5.41) is 6.50. The Hall–Kier alpha value is -0.0100. The number of hydrogen-bond acceptors (Lipinski definition) is 4. The Morgan fingerprint density at radius 3 is 1.67 bits per heavy atom. The first-order valence-corrected chi connectivity index (χ1v) is 1.81. The minimum absolute atomic E-state index is 2.86. The Kier molecular flexibility index (Phi) is 13.9. The SMILES string of the molecule is NO.O=S([O-])O. The Morgan fingerprint density at radius 1 is 1.67 bits per heavy atom. The van der Waals surface area contributed by atoms with E-state index in [4.69, 9.17) is 18.5 Å². The van der Waals surface area contributed by atoms with Crippen molar-refractivity contribution in [2.75, 3.05) is 0 Å². The zero-order chi connectivity index (χ0) is 5.58. The number of hydrogen-bond donors (Lipinski definition) is 3. The van der Waals surface area contributed by atoms with Crippen LogP contribution in [0.15, 0.2) is 0 Å². The van der Waals surface area contributed by atoms with Gasteiger partial charge in [0, 0.05) is 0 Å². The molecule has 1 atom stereocenters. The summed E-state index contributed by atoms with van der Waals surface area (Å²) in [6, 6.07) is 0. The first kappa shape index (κ1) is 9.37.